The lowest BCUT2D eigenvalue weighted by Gasteiger charge is -1.91. The standard InChI is InChI=1S/C4H10N2O/c1-2-7-4-3-6-5/h6H,2-4H2,1H3. The van der Waals surface area contributed by atoms with Crippen LogP contribution in [0.15, 0.2) is 0 Å². The fourth-order valence-corrected chi connectivity index (χ4v) is 0.262. The Hall–Kier alpha value is -0.440. The van der Waals surface area contributed by atoms with Crippen molar-refractivity contribution >= 4 is 0 Å². The van der Waals surface area contributed by atoms with Gasteiger partial charge in [-0.2, -0.15) is 0 Å². The Morgan fingerprint density at radius 2 is 2.43 bits per heavy atom. The lowest BCUT2D eigenvalue weighted by Crippen LogP contribution is -2.64. The maximum absolute atomic E-state index is 7.96. The summed E-state index contributed by atoms with van der Waals surface area (Å²) in [6.07, 6.45) is 0. The minimum atomic E-state index is 0.508. The van der Waals surface area contributed by atoms with E-state index >= 15 is 0 Å². The smallest absolute Gasteiger partial charge is 0.152 e. The van der Waals surface area contributed by atoms with Gasteiger partial charge in [-0.25, -0.2) is 0 Å². The van der Waals surface area contributed by atoms with E-state index in [1.54, 1.807) is 0 Å². The van der Waals surface area contributed by atoms with Crippen molar-refractivity contribution in [2.24, 2.45) is 0 Å². The van der Waals surface area contributed by atoms with Crippen LogP contribution in [0.2, 0.25) is 0 Å². The Balaban J connectivity index is 2.56. The third-order valence-electron chi connectivity index (χ3n) is 0.562. The zero-order chi connectivity index (χ0) is 5.54. The predicted molar refractivity (Wildman–Crippen MR) is 25.7 cm³/mol. The van der Waals surface area contributed by atoms with Gasteiger partial charge in [-0.05, 0) is 6.92 Å². The Bertz CT molecular complexity index is 47.0. The van der Waals surface area contributed by atoms with Crippen LogP contribution in [0.4, 0.5) is 0 Å². The largest absolute Gasteiger partial charge is 0.508 e. The highest BCUT2D eigenvalue weighted by molar-refractivity contribution is 4.17. The molecule has 0 atom stereocenters. The third-order valence-corrected chi connectivity index (χ3v) is 0.562. The van der Waals surface area contributed by atoms with E-state index in [9.17, 15) is 0 Å². The molecule has 0 saturated heterocycles. The van der Waals surface area contributed by atoms with E-state index in [-0.39, 0.29) is 0 Å². The second-order valence-corrected chi connectivity index (χ2v) is 1.11. The predicted octanol–water partition coefficient (Wildman–Crippen LogP) is -0.875. The summed E-state index contributed by atoms with van der Waals surface area (Å²) in [4.78, 5) is 0. The van der Waals surface area contributed by atoms with Crippen molar-refractivity contribution in [2.45, 2.75) is 6.92 Å². The molecule has 7 heavy (non-hydrogen) atoms. The fraction of sp³-hybridized carbons (Fsp3) is 1.00. The highest BCUT2D eigenvalue weighted by atomic mass is 16.5. The number of nitrogens with one attached hydrogen (secondary N) is 1. The van der Waals surface area contributed by atoms with Gasteiger partial charge in [0.2, 0.25) is 0 Å². The first-order chi connectivity index (χ1) is 3.41. The van der Waals surface area contributed by atoms with Crippen LogP contribution in [0.1, 0.15) is 6.92 Å². The van der Waals surface area contributed by atoms with Gasteiger partial charge >= 0.3 is 0 Å². The molecule has 0 rings (SSSR count). The molecule has 0 saturated carbocycles. The lowest BCUT2D eigenvalue weighted by molar-refractivity contribution is -0.484. The molecule has 0 fully saturated rings. The zero-order valence-electron chi connectivity index (χ0n) is 4.48. The van der Waals surface area contributed by atoms with Crippen molar-refractivity contribution in [1.82, 2.24) is 0 Å². The summed E-state index contributed by atoms with van der Waals surface area (Å²) in [7, 11) is 0. The number of hydrogen-bond acceptors (Lipinski definition) is 1. The maximum atomic E-state index is 7.96. The molecule has 0 aliphatic rings. The molecule has 0 radical (unpaired) electrons. The third kappa shape index (κ3) is 5.56. The van der Waals surface area contributed by atoms with E-state index in [1.165, 1.54) is 0 Å². The van der Waals surface area contributed by atoms with Crippen molar-refractivity contribution in [3.05, 3.63) is 5.53 Å². The lowest BCUT2D eigenvalue weighted by atomic mass is 10.7. The van der Waals surface area contributed by atoms with Crippen molar-refractivity contribution < 1.29 is 9.85 Å². The van der Waals surface area contributed by atoms with Gasteiger partial charge in [0, 0.05) is 6.61 Å². The molecule has 0 aliphatic carbocycles. The monoisotopic (exact) mass is 102 g/mol. The Kier molecular flexibility index (Phi) is 5.21. The van der Waals surface area contributed by atoms with Gasteiger partial charge in [0.15, 0.2) is 6.54 Å². The summed E-state index contributed by atoms with van der Waals surface area (Å²) < 4.78 is 4.85. The fourth-order valence-electron chi connectivity index (χ4n) is 0.262. The number of nitrogens with zero attached hydrogens (tertiary/aromatic N) is 1. The zero-order valence-corrected chi connectivity index (χ0v) is 4.48. The number of ether oxygens (including phenoxy) is 1. The molecule has 0 bridgehead atoms. The Morgan fingerprint density at radius 1 is 1.71 bits per heavy atom. The van der Waals surface area contributed by atoms with E-state index in [1.807, 2.05) is 12.0 Å². The van der Waals surface area contributed by atoms with Crippen LogP contribution in [0.25, 0.3) is 5.53 Å². The normalized spacial score (nSPS) is 8.71. The van der Waals surface area contributed by atoms with E-state index in [0.717, 1.165) is 0 Å². The van der Waals surface area contributed by atoms with Crippen LogP contribution in [-0.2, 0) is 4.74 Å². The number of rotatable bonds is 4. The van der Waals surface area contributed by atoms with Crippen LogP contribution in [0.3, 0.4) is 0 Å². The van der Waals surface area contributed by atoms with Gasteiger partial charge in [-0.15, -0.1) is 0 Å². The summed E-state index contributed by atoms with van der Waals surface area (Å²) in [5, 5.41) is 1.98. The summed E-state index contributed by atoms with van der Waals surface area (Å²) in [5.74, 6) is 0. The summed E-state index contributed by atoms with van der Waals surface area (Å²) in [6.45, 7) is 3.71. The molecule has 1 N–H and O–H groups in total. The molecule has 0 aromatic carbocycles. The van der Waals surface area contributed by atoms with Crippen molar-refractivity contribution in [3.63, 3.8) is 0 Å². The van der Waals surface area contributed by atoms with Crippen LogP contribution < -0.4 is 5.11 Å². The summed E-state index contributed by atoms with van der Waals surface area (Å²) in [6, 6.07) is 0. The minimum absolute atomic E-state index is 0.508. The molecule has 0 amide bonds. The quantitative estimate of drug-likeness (QED) is 0.364. The number of hydrogen-bond donors (Lipinski definition) is 1. The topological polar surface area (TPSA) is 45.5 Å². The van der Waals surface area contributed by atoms with Crippen molar-refractivity contribution in [2.75, 3.05) is 19.8 Å². The summed E-state index contributed by atoms with van der Waals surface area (Å²) >= 11 is 0. The molecule has 0 aliphatic heterocycles. The SMILES string of the molecule is CCOCC[NH+]=[N-]. The van der Waals surface area contributed by atoms with Crippen molar-refractivity contribution in [1.29, 1.82) is 0 Å². The van der Waals surface area contributed by atoms with Gasteiger partial charge in [0.25, 0.3) is 0 Å². The van der Waals surface area contributed by atoms with E-state index < -0.39 is 0 Å². The molecule has 0 heterocycles. The average molecular weight is 102 g/mol. The van der Waals surface area contributed by atoms with Gasteiger partial charge < -0.3 is 15.4 Å². The molecular formula is C4H10N2O. The molecule has 0 aromatic heterocycles. The molecule has 0 spiro atoms. The molecule has 3 nitrogen and oxygen atoms in total. The van der Waals surface area contributed by atoms with Crippen LogP contribution in [0, 0.1) is 0 Å². The maximum Gasteiger partial charge on any atom is 0.152 e. The molecule has 3 heteroatoms. The molecular weight excluding hydrogens is 92.1 g/mol. The van der Waals surface area contributed by atoms with Crippen LogP contribution >= 0.6 is 0 Å². The van der Waals surface area contributed by atoms with Gasteiger partial charge in [0.1, 0.15) is 6.61 Å². The Labute approximate surface area is 43.2 Å². The first-order valence-electron chi connectivity index (χ1n) is 2.36. The Morgan fingerprint density at radius 3 is 2.86 bits per heavy atom. The molecule has 0 aromatic rings. The van der Waals surface area contributed by atoms with Gasteiger partial charge in [-0.3, -0.25) is 0 Å². The van der Waals surface area contributed by atoms with Gasteiger partial charge in [0.05, 0.1) is 0 Å². The van der Waals surface area contributed by atoms with Crippen molar-refractivity contribution in [3.8, 4) is 0 Å². The van der Waals surface area contributed by atoms with E-state index in [0.29, 0.717) is 19.8 Å². The van der Waals surface area contributed by atoms with E-state index in [4.69, 9.17) is 10.3 Å². The van der Waals surface area contributed by atoms with Crippen LogP contribution in [0.5, 0.6) is 0 Å². The highest BCUT2D eigenvalue weighted by Crippen LogP contribution is 1.64. The first kappa shape index (κ1) is 6.56. The second kappa shape index (κ2) is 5.56. The van der Waals surface area contributed by atoms with Crippen LogP contribution in [-0.4, -0.2) is 19.8 Å². The minimum Gasteiger partial charge on any atom is -0.508 e. The highest BCUT2D eigenvalue weighted by Gasteiger charge is 1.78. The van der Waals surface area contributed by atoms with E-state index in [2.05, 4.69) is 0 Å². The second-order valence-electron chi connectivity index (χ2n) is 1.11. The molecule has 42 valence electrons. The average Bonchev–Trinajstić information content (AvgIpc) is 1.69. The summed E-state index contributed by atoms with van der Waals surface area (Å²) in [5.41, 5.74) is 7.96. The molecule has 0 unspecified atom stereocenters. The first-order valence-corrected chi connectivity index (χ1v) is 2.36. The van der Waals surface area contributed by atoms with Gasteiger partial charge in [-0.1, -0.05) is 0 Å².